The number of aromatic nitrogens is 2. The van der Waals surface area contributed by atoms with Gasteiger partial charge in [0.05, 0.1) is 18.9 Å². The van der Waals surface area contributed by atoms with Gasteiger partial charge in [-0.1, -0.05) is 6.07 Å². The first-order chi connectivity index (χ1) is 10.8. The second-order valence-electron chi connectivity index (χ2n) is 5.21. The molecular weight excluding hydrogens is 280 g/mol. The molecule has 1 fully saturated rings. The molecule has 0 unspecified atom stereocenters. The van der Waals surface area contributed by atoms with E-state index in [1.54, 1.807) is 10.9 Å². The fourth-order valence-corrected chi connectivity index (χ4v) is 2.47. The smallest absolute Gasteiger partial charge is 0.251 e. The van der Waals surface area contributed by atoms with Gasteiger partial charge in [0, 0.05) is 44.1 Å². The van der Waals surface area contributed by atoms with Crippen molar-refractivity contribution in [1.29, 1.82) is 0 Å². The summed E-state index contributed by atoms with van der Waals surface area (Å²) >= 11 is 0. The van der Waals surface area contributed by atoms with Crippen LogP contribution in [0.3, 0.4) is 0 Å². The summed E-state index contributed by atoms with van der Waals surface area (Å²) in [6.07, 6.45) is 3.57. The van der Waals surface area contributed by atoms with Gasteiger partial charge in [-0.3, -0.25) is 9.69 Å². The van der Waals surface area contributed by atoms with Crippen LogP contribution in [-0.4, -0.2) is 60.0 Å². The third kappa shape index (κ3) is 3.72. The zero-order chi connectivity index (χ0) is 15.2. The lowest BCUT2D eigenvalue weighted by molar-refractivity contribution is 0.0383. The van der Waals surface area contributed by atoms with Crippen molar-refractivity contribution in [3.05, 3.63) is 48.3 Å². The third-order valence-electron chi connectivity index (χ3n) is 3.69. The Balaban J connectivity index is 1.54. The number of hydrogen-bond donors (Lipinski definition) is 1. The lowest BCUT2D eigenvalue weighted by Gasteiger charge is -2.26. The number of carbonyl (C=O) groups excluding carboxylic acids is 1. The standard InChI is InChI=1S/C16H20N4O2/c21-16(17-6-8-19-9-11-22-12-10-19)14-3-1-4-15(13-14)20-7-2-5-18-20/h1-5,7,13H,6,8-12H2,(H,17,21). The van der Waals surface area contributed by atoms with E-state index in [1.165, 1.54) is 0 Å². The topological polar surface area (TPSA) is 59.4 Å². The molecule has 0 radical (unpaired) electrons. The Labute approximate surface area is 129 Å². The van der Waals surface area contributed by atoms with E-state index in [-0.39, 0.29) is 5.91 Å². The molecule has 1 aliphatic rings. The molecule has 1 N–H and O–H groups in total. The Kier molecular flexibility index (Phi) is 4.82. The number of hydrogen-bond acceptors (Lipinski definition) is 4. The SMILES string of the molecule is O=C(NCCN1CCOCC1)c1cccc(-n2cccn2)c1. The molecule has 3 rings (SSSR count). The molecule has 1 amide bonds. The molecule has 0 spiro atoms. The maximum atomic E-state index is 12.2. The van der Waals surface area contributed by atoms with Crippen LogP contribution in [0.1, 0.15) is 10.4 Å². The molecule has 0 atom stereocenters. The number of nitrogens with one attached hydrogen (secondary N) is 1. The van der Waals surface area contributed by atoms with Gasteiger partial charge in [-0.25, -0.2) is 4.68 Å². The summed E-state index contributed by atoms with van der Waals surface area (Å²) in [7, 11) is 0. The predicted octanol–water partition coefficient (Wildman–Crippen LogP) is 0.934. The van der Waals surface area contributed by atoms with Crippen LogP contribution in [0, 0.1) is 0 Å². The second kappa shape index (κ2) is 7.20. The van der Waals surface area contributed by atoms with Gasteiger partial charge in [0.1, 0.15) is 0 Å². The number of carbonyl (C=O) groups is 1. The fraction of sp³-hybridized carbons (Fsp3) is 0.375. The Hall–Kier alpha value is -2.18. The molecule has 0 aliphatic carbocycles. The summed E-state index contributed by atoms with van der Waals surface area (Å²) in [4.78, 5) is 14.5. The van der Waals surface area contributed by atoms with Crippen LogP contribution in [0.5, 0.6) is 0 Å². The number of morpholine rings is 1. The molecular formula is C16H20N4O2. The predicted molar refractivity (Wildman–Crippen MR) is 83.2 cm³/mol. The Bertz CT molecular complexity index is 606. The highest BCUT2D eigenvalue weighted by molar-refractivity contribution is 5.94. The minimum absolute atomic E-state index is 0.0535. The van der Waals surface area contributed by atoms with Crippen LogP contribution in [0.25, 0.3) is 5.69 Å². The lowest BCUT2D eigenvalue weighted by atomic mass is 10.2. The van der Waals surface area contributed by atoms with E-state index in [1.807, 2.05) is 36.5 Å². The highest BCUT2D eigenvalue weighted by Gasteiger charge is 2.11. The van der Waals surface area contributed by atoms with Crippen LogP contribution >= 0.6 is 0 Å². The zero-order valence-corrected chi connectivity index (χ0v) is 12.4. The maximum Gasteiger partial charge on any atom is 0.251 e. The molecule has 0 bridgehead atoms. The maximum absolute atomic E-state index is 12.2. The van der Waals surface area contributed by atoms with E-state index in [0.29, 0.717) is 12.1 Å². The van der Waals surface area contributed by atoms with Gasteiger partial charge in [0.25, 0.3) is 5.91 Å². The third-order valence-corrected chi connectivity index (χ3v) is 3.69. The van der Waals surface area contributed by atoms with E-state index < -0.39 is 0 Å². The van der Waals surface area contributed by atoms with Crippen molar-refractivity contribution in [2.24, 2.45) is 0 Å². The Morgan fingerprint density at radius 3 is 2.91 bits per heavy atom. The van der Waals surface area contributed by atoms with Crippen molar-refractivity contribution in [3.8, 4) is 5.69 Å². The van der Waals surface area contributed by atoms with Crippen LogP contribution < -0.4 is 5.32 Å². The van der Waals surface area contributed by atoms with Crippen molar-refractivity contribution in [2.45, 2.75) is 0 Å². The minimum Gasteiger partial charge on any atom is -0.379 e. The van der Waals surface area contributed by atoms with Crippen molar-refractivity contribution in [2.75, 3.05) is 39.4 Å². The molecule has 2 heterocycles. The average molecular weight is 300 g/mol. The Morgan fingerprint density at radius 1 is 1.27 bits per heavy atom. The average Bonchev–Trinajstić information content (AvgIpc) is 3.10. The minimum atomic E-state index is -0.0535. The van der Waals surface area contributed by atoms with E-state index in [4.69, 9.17) is 4.74 Å². The van der Waals surface area contributed by atoms with Gasteiger partial charge >= 0.3 is 0 Å². The Morgan fingerprint density at radius 2 is 2.14 bits per heavy atom. The van der Waals surface area contributed by atoms with Crippen LogP contribution in [0.2, 0.25) is 0 Å². The molecule has 0 saturated carbocycles. The van der Waals surface area contributed by atoms with E-state index >= 15 is 0 Å². The highest BCUT2D eigenvalue weighted by Crippen LogP contribution is 2.09. The zero-order valence-electron chi connectivity index (χ0n) is 12.4. The molecule has 1 aliphatic heterocycles. The van der Waals surface area contributed by atoms with E-state index in [0.717, 1.165) is 38.5 Å². The van der Waals surface area contributed by atoms with Crippen molar-refractivity contribution in [3.63, 3.8) is 0 Å². The quantitative estimate of drug-likeness (QED) is 0.892. The fourth-order valence-electron chi connectivity index (χ4n) is 2.47. The monoisotopic (exact) mass is 300 g/mol. The molecule has 1 aromatic carbocycles. The first-order valence-corrected chi connectivity index (χ1v) is 7.51. The van der Waals surface area contributed by atoms with Gasteiger partial charge in [-0.15, -0.1) is 0 Å². The van der Waals surface area contributed by atoms with Crippen molar-refractivity contribution in [1.82, 2.24) is 20.0 Å². The van der Waals surface area contributed by atoms with Crippen LogP contribution in [-0.2, 0) is 4.74 Å². The van der Waals surface area contributed by atoms with E-state index in [9.17, 15) is 4.79 Å². The van der Waals surface area contributed by atoms with Crippen LogP contribution in [0.4, 0.5) is 0 Å². The van der Waals surface area contributed by atoms with Gasteiger partial charge in [0.2, 0.25) is 0 Å². The van der Waals surface area contributed by atoms with Gasteiger partial charge in [-0.2, -0.15) is 5.10 Å². The molecule has 6 nitrogen and oxygen atoms in total. The highest BCUT2D eigenvalue weighted by atomic mass is 16.5. The number of nitrogens with zero attached hydrogens (tertiary/aromatic N) is 3. The van der Waals surface area contributed by atoms with E-state index in [2.05, 4.69) is 15.3 Å². The first-order valence-electron chi connectivity index (χ1n) is 7.51. The molecule has 6 heteroatoms. The normalized spacial score (nSPS) is 15.6. The van der Waals surface area contributed by atoms with Crippen molar-refractivity contribution >= 4 is 5.91 Å². The molecule has 22 heavy (non-hydrogen) atoms. The second-order valence-corrected chi connectivity index (χ2v) is 5.21. The largest absolute Gasteiger partial charge is 0.379 e. The van der Waals surface area contributed by atoms with Crippen LogP contribution in [0.15, 0.2) is 42.7 Å². The summed E-state index contributed by atoms with van der Waals surface area (Å²) in [6.45, 7) is 4.92. The molecule has 1 saturated heterocycles. The number of benzene rings is 1. The molecule has 2 aromatic rings. The molecule has 1 aromatic heterocycles. The van der Waals surface area contributed by atoms with Crippen molar-refractivity contribution < 1.29 is 9.53 Å². The van der Waals surface area contributed by atoms with Gasteiger partial charge in [0.15, 0.2) is 0 Å². The summed E-state index contributed by atoms with van der Waals surface area (Å²) in [6, 6.07) is 9.31. The summed E-state index contributed by atoms with van der Waals surface area (Å²) in [5.41, 5.74) is 1.53. The number of amides is 1. The number of rotatable bonds is 5. The number of ether oxygens (including phenoxy) is 1. The lowest BCUT2D eigenvalue weighted by Crippen LogP contribution is -2.41. The summed E-state index contributed by atoms with van der Waals surface area (Å²) in [5.74, 6) is -0.0535. The first kappa shape index (κ1) is 14.7. The summed E-state index contributed by atoms with van der Waals surface area (Å²) < 4.78 is 7.05. The molecule has 116 valence electrons. The summed E-state index contributed by atoms with van der Waals surface area (Å²) in [5, 5.41) is 7.14. The van der Waals surface area contributed by atoms with Gasteiger partial charge in [-0.05, 0) is 24.3 Å². The van der Waals surface area contributed by atoms with Gasteiger partial charge < -0.3 is 10.1 Å².